The molecule has 0 fully saturated rings. The van der Waals surface area contributed by atoms with E-state index in [1.807, 2.05) is 0 Å². The first kappa shape index (κ1) is 54.4. The number of hydrogen-bond donors (Lipinski definition) is 0. The SMILES string of the molecule is CCCCCCCCCCCCCCCCCCCCC(=O)OC[C@@H](COC(=O)CCCCCCCCCCCCC(C)C)OC(=O)CCCCCCCCC. The fourth-order valence-electron chi connectivity index (χ4n) is 7.51. The van der Waals surface area contributed by atoms with Crippen LogP contribution in [-0.4, -0.2) is 37.2 Å². The van der Waals surface area contributed by atoms with E-state index in [0.717, 1.165) is 63.7 Å². The van der Waals surface area contributed by atoms with Gasteiger partial charge in [-0.15, -0.1) is 0 Å². The fourth-order valence-corrected chi connectivity index (χ4v) is 7.51. The molecule has 0 saturated carbocycles. The van der Waals surface area contributed by atoms with E-state index in [9.17, 15) is 14.4 Å². The van der Waals surface area contributed by atoms with Gasteiger partial charge in [0.1, 0.15) is 13.2 Å². The summed E-state index contributed by atoms with van der Waals surface area (Å²) in [6.45, 7) is 8.97. The molecule has 332 valence electrons. The van der Waals surface area contributed by atoms with Gasteiger partial charge in [-0.3, -0.25) is 14.4 Å². The van der Waals surface area contributed by atoms with Gasteiger partial charge in [-0.05, 0) is 25.2 Å². The lowest BCUT2D eigenvalue weighted by molar-refractivity contribution is -0.167. The molecule has 0 N–H and O–H groups in total. The monoisotopic (exact) mass is 793 g/mol. The zero-order chi connectivity index (χ0) is 41.0. The number of carbonyl (C=O) groups is 3. The van der Waals surface area contributed by atoms with Gasteiger partial charge < -0.3 is 14.2 Å². The van der Waals surface area contributed by atoms with E-state index in [1.54, 1.807) is 0 Å². The summed E-state index contributed by atoms with van der Waals surface area (Å²) in [6.07, 6.45) is 45.3. The first-order chi connectivity index (χ1) is 27.4. The number of ether oxygens (including phenoxy) is 3. The molecule has 0 aliphatic heterocycles. The van der Waals surface area contributed by atoms with Crippen LogP contribution in [0.25, 0.3) is 0 Å². The van der Waals surface area contributed by atoms with Crippen LogP contribution in [0.2, 0.25) is 0 Å². The van der Waals surface area contributed by atoms with Crippen LogP contribution in [-0.2, 0) is 28.6 Å². The molecule has 0 amide bonds. The lowest BCUT2D eigenvalue weighted by Crippen LogP contribution is -2.30. The van der Waals surface area contributed by atoms with Crippen molar-refractivity contribution in [3.05, 3.63) is 0 Å². The first-order valence-corrected chi connectivity index (χ1v) is 24.9. The van der Waals surface area contributed by atoms with Crippen molar-refractivity contribution in [1.29, 1.82) is 0 Å². The van der Waals surface area contributed by atoms with Crippen molar-refractivity contribution in [2.24, 2.45) is 5.92 Å². The van der Waals surface area contributed by atoms with E-state index in [-0.39, 0.29) is 31.1 Å². The normalized spacial score (nSPS) is 11.9. The molecule has 0 saturated heterocycles. The Morgan fingerprint density at radius 3 is 0.875 bits per heavy atom. The van der Waals surface area contributed by atoms with Crippen molar-refractivity contribution < 1.29 is 28.6 Å². The minimum Gasteiger partial charge on any atom is -0.462 e. The van der Waals surface area contributed by atoms with Gasteiger partial charge >= 0.3 is 17.9 Å². The van der Waals surface area contributed by atoms with Crippen LogP contribution in [0, 0.1) is 5.92 Å². The molecule has 0 rings (SSSR count). The molecule has 6 heteroatoms. The Labute approximate surface area is 348 Å². The Bertz CT molecular complexity index is 841. The number of unbranched alkanes of at least 4 members (excludes halogenated alkanes) is 32. The van der Waals surface area contributed by atoms with E-state index in [1.165, 1.54) is 173 Å². The van der Waals surface area contributed by atoms with Crippen molar-refractivity contribution in [1.82, 2.24) is 0 Å². The van der Waals surface area contributed by atoms with E-state index in [2.05, 4.69) is 27.7 Å². The van der Waals surface area contributed by atoms with Crippen LogP contribution in [0.1, 0.15) is 278 Å². The zero-order valence-electron chi connectivity index (χ0n) is 38.1. The van der Waals surface area contributed by atoms with Crippen molar-refractivity contribution >= 4 is 17.9 Å². The summed E-state index contributed by atoms with van der Waals surface area (Å²) >= 11 is 0. The Hall–Kier alpha value is -1.59. The third-order valence-electron chi connectivity index (χ3n) is 11.3. The predicted molar refractivity (Wildman–Crippen MR) is 238 cm³/mol. The minimum absolute atomic E-state index is 0.0638. The molecule has 6 nitrogen and oxygen atoms in total. The molecule has 0 aliphatic carbocycles. The van der Waals surface area contributed by atoms with Gasteiger partial charge in [0.15, 0.2) is 6.10 Å². The van der Waals surface area contributed by atoms with E-state index >= 15 is 0 Å². The molecule has 0 radical (unpaired) electrons. The van der Waals surface area contributed by atoms with E-state index in [0.29, 0.717) is 19.3 Å². The summed E-state index contributed by atoms with van der Waals surface area (Å²) in [7, 11) is 0. The lowest BCUT2D eigenvalue weighted by atomic mass is 10.0. The van der Waals surface area contributed by atoms with E-state index < -0.39 is 6.10 Å². The Morgan fingerprint density at radius 1 is 0.339 bits per heavy atom. The highest BCUT2D eigenvalue weighted by atomic mass is 16.6. The number of esters is 3. The van der Waals surface area contributed by atoms with Crippen molar-refractivity contribution in [3.8, 4) is 0 Å². The predicted octanol–water partition coefficient (Wildman–Crippen LogP) is 15.9. The molecule has 0 aromatic rings. The maximum atomic E-state index is 12.6. The van der Waals surface area contributed by atoms with Crippen LogP contribution in [0.4, 0.5) is 0 Å². The molecule has 56 heavy (non-hydrogen) atoms. The molecular formula is C50H96O6. The topological polar surface area (TPSA) is 78.9 Å². The van der Waals surface area contributed by atoms with Gasteiger partial charge in [0.05, 0.1) is 0 Å². The third-order valence-corrected chi connectivity index (χ3v) is 11.3. The lowest BCUT2D eigenvalue weighted by Gasteiger charge is -2.18. The van der Waals surface area contributed by atoms with Crippen LogP contribution in [0.5, 0.6) is 0 Å². The largest absolute Gasteiger partial charge is 0.462 e. The average Bonchev–Trinajstić information content (AvgIpc) is 3.18. The molecule has 0 heterocycles. The van der Waals surface area contributed by atoms with Gasteiger partial charge in [-0.25, -0.2) is 0 Å². The maximum Gasteiger partial charge on any atom is 0.306 e. The summed E-state index contributed by atoms with van der Waals surface area (Å²) < 4.78 is 16.7. The highest BCUT2D eigenvalue weighted by Gasteiger charge is 2.19. The average molecular weight is 793 g/mol. The second-order valence-corrected chi connectivity index (χ2v) is 17.6. The molecular weight excluding hydrogens is 697 g/mol. The van der Waals surface area contributed by atoms with Crippen LogP contribution < -0.4 is 0 Å². The number of carbonyl (C=O) groups excluding carboxylic acids is 3. The molecule has 0 unspecified atom stereocenters. The van der Waals surface area contributed by atoms with Gasteiger partial charge in [0, 0.05) is 19.3 Å². The van der Waals surface area contributed by atoms with Gasteiger partial charge in [-0.2, -0.15) is 0 Å². The second kappa shape index (κ2) is 44.5. The fraction of sp³-hybridized carbons (Fsp3) is 0.940. The Balaban J connectivity index is 4.16. The van der Waals surface area contributed by atoms with Gasteiger partial charge in [0.25, 0.3) is 0 Å². The highest BCUT2D eigenvalue weighted by Crippen LogP contribution is 2.17. The summed E-state index contributed by atoms with van der Waals surface area (Å²) in [4.78, 5) is 37.7. The zero-order valence-corrected chi connectivity index (χ0v) is 38.1. The smallest absolute Gasteiger partial charge is 0.306 e. The van der Waals surface area contributed by atoms with E-state index in [4.69, 9.17) is 14.2 Å². The summed E-state index contributed by atoms with van der Waals surface area (Å²) in [5.41, 5.74) is 0. The summed E-state index contributed by atoms with van der Waals surface area (Å²) in [6, 6.07) is 0. The standard InChI is InChI=1S/C50H96O6/c1-5-7-9-11-13-14-15-16-17-18-19-20-21-22-26-30-33-37-41-48(51)54-44-47(56-50(53)43-39-35-28-12-10-8-6-2)45-55-49(52)42-38-34-31-27-24-23-25-29-32-36-40-46(3)4/h46-47H,5-45H2,1-4H3/t47-/m0/s1. The molecule has 0 aromatic carbocycles. The Kier molecular flexibility index (Phi) is 43.2. The Morgan fingerprint density at radius 2 is 0.589 bits per heavy atom. The highest BCUT2D eigenvalue weighted by molar-refractivity contribution is 5.71. The van der Waals surface area contributed by atoms with Gasteiger partial charge in [-0.1, -0.05) is 240 Å². The number of rotatable bonds is 45. The molecule has 0 spiro atoms. The van der Waals surface area contributed by atoms with Gasteiger partial charge in [0.2, 0.25) is 0 Å². The molecule has 0 bridgehead atoms. The first-order valence-electron chi connectivity index (χ1n) is 24.9. The third kappa shape index (κ3) is 43.5. The minimum atomic E-state index is -0.759. The molecule has 1 atom stereocenters. The number of hydrogen-bond acceptors (Lipinski definition) is 6. The van der Waals surface area contributed by atoms with Crippen molar-refractivity contribution in [2.45, 2.75) is 284 Å². The summed E-state index contributed by atoms with van der Waals surface area (Å²) in [5, 5.41) is 0. The second-order valence-electron chi connectivity index (χ2n) is 17.6. The summed E-state index contributed by atoms with van der Waals surface area (Å²) in [5.74, 6) is -0.0371. The molecule has 0 aromatic heterocycles. The van der Waals surface area contributed by atoms with Crippen LogP contribution >= 0.6 is 0 Å². The van der Waals surface area contributed by atoms with Crippen molar-refractivity contribution in [2.75, 3.05) is 13.2 Å². The molecule has 0 aliphatic rings. The quantitative estimate of drug-likeness (QED) is 0.0347. The van der Waals surface area contributed by atoms with Crippen molar-refractivity contribution in [3.63, 3.8) is 0 Å². The van der Waals surface area contributed by atoms with Crippen LogP contribution in [0.15, 0.2) is 0 Å². The van der Waals surface area contributed by atoms with Crippen LogP contribution in [0.3, 0.4) is 0 Å². The maximum absolute atomic E-state index is 12.6.